The van der Waals surface area contributed by atoms with Crippen LogP contribution < -0.4 is 15.8 Å². The number of carbonyl (C=O) groups excluding carboxylic acids is 1. The van der Waals surface area contributed by atoms with Crippen LogP contribution >= 0.6 is 0 Å². The lowest BCUT2D eigenvalue weighted by atomic mass is 10.1. The first kappa shape index (κ1) is 18.3. The van der Waals surface area contributed by atoms with Gasteiger partial charge in [-0.1, -0.05) is 19.8 Å². The molecule has 1 aromatic rings. The fourth-order valence-electron chi connectivity index (χ4n) is 1.96. The van der Waals surface area contributed by atoms with Gasteiger partial charge >= 0.3 is 0 Å². The summed E-state index contributed by atoms with van der Waals surface area (Å²) in [6.45, 7) is 6.67. The van der Waals surface area contributed by atoms with E-state index < -0.39 is 0 Å². The third kappa shape index (κ3) is 6.80. The average molecular weight is 308 g/mol. The van der Waals surface area contributed by atoms with Gasteiger partial charge in [-0.05, 0) is 38.0 Å². The fraction of sp³-hybridized carbons (Fsp3) is 0.588. The third-order valence-electron chi connectivity index (χ3n) is 3.24. The molecule has 0 aliphatic heterocycles. The van der Waals surface area contributed by atoms with Crippen LogP contribution in [-0.2, 0) is 4.74 Å². The number of hydrogen-bond acceptors (Lipinski definition) is 4. The number of amides is 1. The smallest absolute Gasteiger partial charge is 0.251 e. The van der Waals surface area contributed by atoms with Crippen molar-refractivity contribution in [1.29, 1.82) is 0 Å². The molecule has 0 aliphatic carbocycles. The molecule has 0 bridgehead atoms. The summed E-state index contributed by atoms with van der Waals surface area (Å²) in [5, 5.41) is 2.87. The van der Waals surface area contributed by atoms with Crippen LogP contribution in [0.1, 0.15) is 49.9 Å². The maximum atomic E-state index is 12.1. The van der Waals surface area contributed by atoms with Gasteiger partial charge in [0.05, 0.1) is 12.3 Å². The van der Waals surface area contributed by atoms with Gasteiger partial charge in [0, 0.05) is 25.3 Å². The monoisotopic (exact) mass is 308 g/mol. The molecule has 1 amide bonds. The molecule has 0 spiro atoms. The van der Waals surface area contributed by atoms with Crippen molar-refractivity contribution < 1.29 is 14.3 Å². The highest BCUT2D eigenvalue weighted by molar-refractivity contribution is 5.95. The summed E-state index contributed by atoms with van der Waals surface area (Å²) in [7, 11) is 0. The molecule has 0 aromatic heterocycles. The molecule has 3 N–H and O–H groups in total. The number of rotatable bonds is 11. The molecule has 1 aromatic carbocycles. The molecule has 124 valence electrons. The van der Waals surface area contributed by atoms with Crippen LogP contribution in [-0.4, -0.2) is 32.3 Å². The van der Waals surface area contributed by atoms with Crippen LogP contribution in [0.3, 0.4) is 0 Å². The van der Waals surface area contributed by atoms with Crippen molar-refractivity contribution in [3.05, 3.63) is 23.8 Å². The van der Waals surface area contributed by atoms with Crippen LogP contribution in [0.15, 0.2) is 18.2 Å². The molecule has 22 heavy (non-hydrogen) atoms. The minimum Gasteiger partial charge on any atom is -0.491 e. The molecule has 0 fully saturated rings. The molecular weight excluding hydrogens is 280 g/mol. The number of anilines is 1. The Labute approximate surface area is 133 Å². The van der Waals surface area contributed by atoms with Gasteiger partial charge in [0.15, 0.2) is 0 Å². The van der Waals surface area contributed by atoms with Crippen molar-refractivity contribution in [3.63, 3.8) is 0 Å². The second-order valence-corrected chi connectivity index (χ2v) is 5.11. The van der Waals surface area contributed by atoms with Gasteiger partial charge < -0.3 is 20.5 Å². The molecule has 0 saturated heterocycles. The number of benzene rings is 1. The summed E-state index contributed by atoms with van der Waals surface area (Å²) < 4.78 is 10.9. The Morgan fingerprint density at radius 3 is 2.73 bits per heavy atom. The van der Waals surface area contributed by atoms with E-state index in [1.54, 1.807) is 18.2 Å². The normalized spacial score (nSPS) is 10.5. The zero-order valence-electron chi connectivity index (χ0n) is 13.7. The van der Waals surface area contributed by atoms with Gasteiger partial charge in [0.25, 0.3) is 5.91 Å². The van der Waals surface area contributed by atoms with E-state index >= 15 is 0 Å². The molecular formula is C17H28N2O3. The van der Waals surface area contributed by atoms with E-state index in [1.165, 1.54) is 0 Å². The number of carbonyl (C=O) groups is 1. The van der Waals surface area contributed by atoms with E-state index in [-0.39, 0.29) is 5.91 Å². The number of ether oxygens (including phenoxy) is 2. The van der Waals surface area contributed by atoms with E-state index in [1.807, 2.05) is 6.92 Å². The fourth-order valence-corrected chi connectivity index (χ4v) is 1.96. The molecule has 0 saturated carbocycles. The van der Waals surface area contributed by atoms with E-state index in [0.29, 0.717) is 43.4 Å². The van der Waals surface area contributed by atoms with Gasteiger partial charge in [-0.25, -0.2) is 0 Å². The lowest BCUT2D eigenvalue weighted by Gasteiger charge is -2.11. The average Bonchev–Trinajstić information content (AvgIpc) is 2.52. The van der Waals surface area contributed by atoms with Gasteiger partial charge in [-0.15, -0.1) is 0 Å². The number of hydrogen-bond donors (Lipinski definition) is 2. The SMILES string of the molecule is CCCCCOc1cc(C(=O)NCCCOCC)ccc1N. The molecule has 0 unspecified atom stereocenters. The van der Waals surface area contributed by atoms with E-state index in [9.17, 15) is 4.79 Å². The first-order valence-electron chi connectivity index (χ1n) is 8.07. The lowest BCUT2D eigenvalue weighted by Crippen LogP contribution is -2.25. The van der Waals surface area contributed by atoms with Crippen molar-refractivity contribution >= 4 is 11.6 Å². The van der Waals surface area contributed by atoms with Gasteiger partial charge in [0.1, 0.15) is 5.75 Å². The van der Waals surface area contributed by atoms with Crippen LogP contribution in [0.4, 0.5) is 5.69 Å². The zero-order chi connectivity index (χ0) is 16.2. The first-order valence-corrected chi connectivity index (χ1v) is 8.07. The summed E-state index contributed by atoms with van der Waals surface area (Å²) in [6, 6.07) is 5.13. The predicted molar refractivity (Wildman–Crippen MR) is 89.3 cm³/mol. The zero-order valence-corrected chi connectivity index (χ0v) is 13.7. The highest BCUT2D eigenvalue weighted by atomic mass is 16.5. The van der Waals surface area contributed by atoms with Crippen molar-refractivity contribution in [2.75, 3.05) is 32.1 Å². The van der Waals surface area contributed by atoms with Gasteiger partial charge in [0.2, 0.25) is 0 Å². The third-order valence-corrected chi connectivity index (χ3v) is 3.24. The lowest BCUT2D eigenvalue weighted by molar-refractivity contribution is 0.0944. The topological polar surface area (TPSA) is 73.6 Å². The second kappa shape index (κ2) is 10.9. The first-order chi connectivity index (χ1) is 10.7. The Balaban J connectivity index is 2.47. The largest absolute Gasteiger partial charge is 0.491 e. The van der Waals surface area contributed by atoms with Crippen molar-refractivity contribution in [2.45, 2.75) is 39.5 Å². The highest BCUT2D eigenvalue weighted by Crippen LogP contribution is 2.23. The Kier molecular flexibility index (Phi) is 9.07. The maximum Gasteiger partial charge on any atom is 0.251 e. The summed E-state index contributed by atoms with van der Waals surface area (Å²) in [5.74, 6) is 0.466. The molecule has 5 heteroatoms. The van der Waals surface area contributed by atoms with E-state index in [0.717, 1.165) is 25.7 Å². The summed E-state index contributed by atoms with van der Waals surface area (Å²) in [5.41, 5.74) is 7.01. The molecule has 0 radical (unpaired) electrons. The van der Waals surface area contributed by atoms with Crippen LogP contribution in [0, 0.1) is 0 Å². The Bertz CT molecular complexity index is 450. The van der Waals surface area contributed by atoms with Crippen molar-refractivity contribution in [2.24, 2.45) is 0 Å². The second-order valence-electron chi connectivity index (χ2n) is 5.11. The Morgan fingerprint density at radius 2 is 2.00 bits per heavy atom. The molecule has 0 atom stereocenters. The predicted octanol–water partition coefficient (Wildman–Crippen LogP) is 2.99. The Hall–Kier alpha value is -1.75. The molecule has 5 nitrogen and oxygen atoms in total. The van der Waals surface area contributed by atoms with E-state index in [2.05, 4.69) is 12.2 Å². The number of unbranched alkanes of at least 4 members (excludes halogenated alkanes) is 2. The number of nitrogens with two attached hydrogens (primary N) is 1. The summed E-state index contributed by atoms with van der Waals surface area (Å²) >= 11 is 0. The quantitative estimate of drug-likeness (QED) is 0.487. The van der Waals surface area contributed by atoms with Crippen molar-refractivity contribution in [1.82, 2.24) is 5.32 Å². The minimum atomic E-state index is -0.116. The van der Waals surface area contributed by atoms with E-state index in [4.69, 9.17) is 15.2 Å². The van der Waals surface area contributed by atoms with Gasteiger partial charge in [-0.2, -0.15) is 0 Å². The number of nitrogen functional groups attached to an aromatic ring is 1. The maximum absolute atomic E-state index is 12.1. The molecule has 1 rings (SSSR count). The van der Waals surface area contributed by atoms with Gasteiger partial charge in [-0.3, -0.25) is 4.79 Å². The number of nitrogens with one attached hydrogen (secondary N) is 1. The Morgan fingerprint density at radius 1 is 1.18 bits per heavy atom. The van der Waals surface area contributed by atoms with Crippen molar-refractivity contribution in [3.8, 4) is 5.75 Å². The summed E-state index contributed by atoms with van der Waals surface area (Å²) in [4.78, 5) is 12.1. The highest BCUT2D eigenvalue weighted by Gasteiger charge is 2.09. The standard InChI is InChI=1S/C17H28N2O3/c1-3-5-6-12-22-16-13-14(8-9-15(16)18)17(20)19-10-7-11-21-4-2/h8-9,13H,3-7,10-12,18H2,1-2H3,(H,19,20). The molecule has 0 aliphatic rings. The van der Waals surface area contributed by atoms with Crippen LogP contribution in [0.25, 0.3) is 0 Å². The van der Waals surface area contributed by atoms with Crippen LogP contribution in [0.5, 0.6) is 5.75 Å². The molecule has 0 heterocycles. The minimum absolute atomic E-state index is 0.116. The summed E-state index contributed by atoms with van der Waals surface area (Å²) in [6.07, 6.45) is 4.06. The van der Waals surface area contributed by atoms with Crippen LogP contribution in [0.2, 0.25) is 0 Å².